The Balaban J connectivity index is 4.25. The summed E-state index contributed by atoms with van der Waals surface area (Å²) in [5, 5.41) is 10.7. The van der Waals surface area contributed by atoms with Crippen molar-refractivity contribution in [3.05, 3.63) is 0 Å². The molecule has 1 unspecified atom stereocenters. The molecular formula is C10H17N3O3. The van der Waals surface area contributed by atoms with Gasteiger partial charge in [-0.25, -0.2) is 4.79 Å². The Morgan fingerprint density at radius 1 is 1.50 bits per heavy atom. The Labute approximate surface area is 94.7 Å². The monoisotopic (exact) mass is 227 g/mol. The van der Waals surface area contributed by atoms with Crippen LogP contribution in [0.25, 0.3) is 0 Å². The van der Waals surface area contributed by atoms with E-state index in [9.17, 15) is 9.59 Å². The summed E-state index contributed by atoms with van der Waals surface area (Å²) in [7, 11) is 0. The zero-order valence-electron chi connectivity index (χ0n) is 9.74. The van der Waals surface area contributed by atoms with Gasteiger partial charge in [0.05, 0.1) is 6.07 Å². The van der Waals surface area contributed by atoms with Gasteiger partial charge in [0.2, 0.25) is 5.91 Å². The first-order chi connectivity index (χ1) is 7.26. The van der Waals surface area contributed by atoms with Crippen LogP contribution >= 0.6 is 0 Å². The number of carbonyl (C=O) groups is 2. The summed E-state index contributed by atoms with van der Waals surface area (Å²) in [5.74, 6) is -0.680. The molecule has 0 fully saturated rings. The number of nitrogens with one attached hydrogen (secondary N) is 1. The lowest BCUT2D eigenvalue weighted by atomic mass is 10.1. The third-order valence-electron chi connectivity index (χ3n) is 1.58. The maximum atomic E-state index is 11.3. The average molecular weight is 227 g/mol. The van der Waals surface area contributed by atoms with Crippen LogP contribution in [0.3, 0.4) is 0 Å². The van der Waals surface area contributed by atoms with Crippen molar-refractivity contribution in [2.45, 2.75) is 45.3 Å². The SMILES string of the molecule is CC(C)(C)OC(=O)NC(CCC#N)C(N)=O. The molecule has 6 heteroatoms. The molecule has 6 nitrogen and oxygen atoms in total. The van der Waals surface area contributed by atoms with E-state index < -0.39 is 23.6 Å². The molecular weight excluding hydrogens is 210 g/mol. The van der Waals surface area contributed by atoms with Crippen LogP contribution in [0.1, 0.15) is 33.6 Å². The van der Waals surface area contributed by atoms with Gasteiger partial charge in [-0.3, -0.25) is 4.79 Å². The number of primary amides is 1. The molecule has 0 aliphatic heterocycles. The minimum atomic E-state index is -0.866. The Morgan fingerprint density at radius 3 is 2.44 bits per heavy atom. The number of carbonyl (C=O) groups excluding carboxylic acids is 2. The van der Waals surface area contributed by atoms with Crippen LogP contribution in [0, 0.1) is 11.3 Å². The van der Waals surface area contributed by atoms with Gasteiger partial charge in [-0.1, -0.05) is 0 Å². The molecule has 0 spiro atoms. The van der Waals surface area contributed by atoms with Crippen molar-refractivity contribution in [2.24, 2.45) is 5.73 Å². The van der Waals surface area contributed by atoms with Gasteiger partial charge in [-0.15, -0.1) is 0 Å². The topological polar surface area (TPSA) is 105 Å². The van der Waals surface area contributed by atoms with E-state index in [4.69, 9.17) is 15.7 Å². The van der Waals surface area contributed by atoms with Crippen LogP contribution in [0.2, 0.25) is 0 Å². The smallest absolute Gasteiger partial charge is 0.408 e. The van der Waals surface area contributed by atoms with E-state index in [1.807, 2.05) is 6.07 Å². The summed E-state index contributed by atoms with van der Waals surface area (Å²) < 4.78 is 4.96. The number of amides is 2. The fourth-order valence-electron chi connectivity index (χ4n) is 0.944. The lowest BCUT2D eigenvalue weighted by Gasteiger charge is -2.21. The van der Waals surface area contributed by atoms with E-state index in [1.165, 1.54) is 0 Å². The number of hydrogen-bond acceptors (Lipinski definition) is 4. The van der Waals surface area contributed by atoms with Gasteiger partial charge in [-0.05, 0) is 27.2 Å². The van der Waals surface area contributed by atoms with Gasteiger partial charge in [0.25, 0.3) is 0 Å². The number of alkyl carbamates (subject to hydrolysis) is 1. The Hall–Kier alpha value is -1.77. The highest BCUT2D eigenvalue weighted by molar-refractivity contribution is 5.84. The number of ether oxygens (including phenoxy) is 1. The summed E-state index contributed by atoms with van der Waals surface area (Å²) in [6, 6.07) is 1.01. The molecule has 0 aliphatic carbocycles. The lowest BCUT2D eigenvalue weighted by Crippen LogP contribution is -2.46. The first-order valence-corrected chi connectivity index (χ1v) is 4.92. The van der Waals surface area contributed by atoms with E-state index in [0.29, 0.717) is 0 Å². The Kier molecular flexibility index (Phi) is 5.30. The van der Waals surface area contributed by atoms with E-state index in [-0.39, 0.29) is 12.8 Å². The maximum absolute atomic E-state index is 11.3. The number of nitriles is 1. The fraction of sp³-hybridized carbons (Fsp3) is 0.700. The highest BCUT2D eigenvalue weighted by atomic mass is 16.6. The quantitative estimate of drug-likeness (QED) is 0.736. The van der Waals surface area contributed by atoms with Crippen LogP contribution in [0.15, 0.2) is 0 Å². The molecule has 0 rings (SSSR count). The van der Waals surface area contributed by atoms with Gasteiger partial charge in [0.15, 0.2) is 0 Å². The van der Waals surface area contributed by atoms with Crippen LogP contribution in [-0.4, -0.2) is 23.6 Å². The van der Waals surface area contributed by atoms with Gasteiger partial charge < -0.3 is 15.8 Å². The molecule has 0 saturated carbocycles. The highest BCUT2D eigenvalue weighted by Crippen LogP contribution is 2.07. The van der Waals surface area contributed by atoms with Crippen LogP contribution in [0.4, 0.5) is 4.79 Å². The second kappa shape index (κ2) is 5.95. The normalized spacial score (nSPS) is 12.4. The summed E-state index contributed by atoms with van der Waals surface area (Å²) in [6.07, 6.45) is -0.386. The number of nitrogens with two attached hydrogens (primary N) is 1. The third kappa shape index (κ3) is 6.65. The van der Waals surface area contributed by atoms with Gasteiger partial charge in [-0.2, -0.15) is 5.26 Å². The summed E-state index contributed by atoms with van der Waals surface area (Å²) in [5.41, 5.74) is 4.43. The molecule has 0 bridgehead atoms. The minimum absolute atomic E-state index is 0.142. The molecule has 0 aromatic carbocycles. The van der Waals surface area contributed by atoms with Crippen molar-refractivity contribution >= 4 is 12.0 Å². The molecule has 1 atom stereocenters. The first-order valence-electron chi connectivity index (χ1n) is 4.92. The molecule has 0 aromatic rings. The van der Waals surface area contributed by atoms with E-state index in [2.05, 4.69) is 5.32 Å². The van der Waals surface area contributed by atoms with Gasteiger partial charge >= 0.3 is 6.09 Å². The Morgan fingerprint density at radius 2 is 2.06 bits per heavy atom. The predicted molar refractivity (Wildman–Crippen MR) is 57.2 cm³/mol. The third-order valence-corrected chi connectivity index (χ3v) is 1.58. The number of rotatable bonds is 4. The molecule has 0 saturated heterocycles. The largest absolute Gasteiger partial charge is 0.444 e. The van der Waals surface area contributed by atoms with Crippen LogP contribution in [0.5, 0.6) is 0 Å². The number of nitrogens with zero attached hydrogens (tertiary/aromatic N) is 1. The molecule has 16 heavy (non-hydrogen) atoms. The van der Waals surface area contributed by atoms with Crippen molar-refractivity contribution in [3.63, 3.8) is 0 Å². The zero-order chi connectivity index (χ0) is 12.8. The second-order valence-electron chi connectivity index (χ2n) is 4.30. The molecule has 3 N–H and O–H groups in total. The van der Waals surface area contributed by atoms with Crippen molar-refractivity contribution in [2.75, 3.05) is 0 Å². The predicted octanol–water partition coefficient (Wildman–Crippen LogP) is 0.669. The first kappa shape index (κ1) is 14.2. The average Bonchev–Trinajstić information content (AvgIpc) is 2.08. The molecule has 2 amide bonds. The summed E-state index contributed by atoms with van der Waals surface area (Å²) in [6.45, 7) is 5.13. The van der Waals surface area contributed by atoms with Crippen LogP contribution < -0.4 is 11.1 Å². The standard InChI is InChI=1S/C10H17N3O3/c1-10(2,3)16-9(15)13-7(8(12)14)5-4-6-11/h7H,4-5H2,1-3H3,(H2,12,14)(H,13,15). The van der Waals surface area contributed by atoms with Crippen molar-refractivity contribution in [1.29, 1.82) is 5.26 Å². The van der Waals surface area contributed by atoms with Gasteiger partial charge in [0.1, 0.15) is 11.6 Å². The summed E-state index contributed by atoms with van der Waals surface area (Å²) >= 11 is 0. The van der Waals surface area contributed by atoms with Crippen molar-refractivity contribution < 1.29 is 14.3 Å². The Bertz CT molecular complexity index is 301. The minimum Gasteiger partial charge on any atom is -0.444 e. The van der Waals surface area contributed by atoms with Gasteiger partial charge in [0, 0.05) is 6.42 Å². The molecule has 0 heterocycles. The molecule has 0 aliphatic rings. The summed E-state index contributed by atoms with van der Waals surface area (Å²) in [4.78, 5) is 22.3. The molecule has 0 radical (unpaired) electrons. The van der Waals surface area contributed by atoms with E-state index >= 15 is 0 Å². The van der Waals surface area contributed by atoms with Crippen molar-refractivity contribution in [3.8, 4) is 6.07 Å². The molecule has 0 aromatic heterocycles. The number of hydrogen-bond donors (Lipinski definition) is 2. The second-order valence-corrected chi connectivity index (χ2v) is 4.30. The molecule has 90 valence electrons. The highest BCUT2D eigenvalue weighted by Gasteiger charge is 2.22. The zero-order valence-corrected chi connectivity index (χ0v) is 9.74. The maximum Gasteiger partial charge on any atom is 0.408 e. The van der Waals surface area contributed by atoms with E-state index in [1.54, 1.807) is 20.8 Å². The van der Waals surface area contributed by atoms with E-state index in [0.717, 1.165) is 0 Å². The fourth-order valence-corrected chi connectivity index (χ4v) is 0.944. The van der Waals surface area contributed by atoms with Crippen LogP contribution in [-0.2, 0) is 9.53 Å². The lowest BCUT2D eigenvalue weighted by molar-refractivity contribution is -0.120. The van der Waals surface area contributed by atoms with Crippen molar-refractivity contribution in [1.82, 2.24) is 5.32 Å².